The SMILES string of the molecule is Nc1nc(Cc2nnc(SCC(=O)Nc3ccccc3)n2-c2ccccc2)cs1. The molecular formula is C20H18N6OS2. The summed E-state index contributed by atoms with van der Waals surface area (Å²) in [5, 5.41) is 14.6. The number of hydrogen-bond acceptors (Lipinski definition) is 7. The number of nitrogens with one attached hydrogen (secondary N) is 1. The van der Waals surface area contributed by atoms with Gasteiger partial charge in [0.15, 0.2) is 10.3 Å². The Balaban J connectivity index is 1.54. The number of thiazole rings is 1. The van der Waals surface area contributed by atoms with Crippen LogP contribution in [0, 0.1) is 0 Å². The predicted octanol–water partition coefficient (Wildman–Crippen LogP) is 3.63. The summed E-state index contributed by atoms with van der Waals surface area (Å²) in [5.41, 5.74) is 8.29. The molecule has 3 N–H and O–H groups in total. The fourth-order valence-electron chi connectivity index (χ4n) is 2.76. The zero-order valence-corrected chi connectivity index (χ0v) is 17.0. The Hall–Kier alpha value is -3.17. The molecule has 0 saturated carbocycles. The predicted molar refractivity (Wildman–Crippen MR) is 116 cm³/mol. The fourth-order valence-corrected chi connectivity index (χ4v) is 4.09. The van der Waals surface area contributed by atoms with Crippen molar-refractivity contribution in [3.8, 4) is 5.69 Å². The van der Waals surface area contributed by atoms with Crippen LogP contribution in [0.25, 0.3) is 5.69 Å². The molecule has 0 radical (unpaired) electrons. The van der Waals surface area contributed by atoms with E-state index in [1.54, 1.807) is 0 Å². The molecule has 0 atom stereocenters. The summed E-state index contributed by atoms with van der Waals surface area (Å²) in [4.78, 5) is 16.6. The van der Waals surface area contributed by atoms with Gasteiger partial charge in [-0.05, 0) is 24.3 Å². The number of hydrogen-bond donors (Lipinski definition) is 2. The van der Waals surface area contributed by atoms with Gasteiger partial charge in [0.1, 0.15) is 5.82 Å². The van der Waals surface area contributed by atoms with Crippen molar-refractivity contribution in [2.45, 2.75) is 11.6 Å². The van der Waals surface area contributed by atoms with Crippen molar-refractivity contribution in [3.05, 3.63) is 77.6 Å². The van der Waals surface area contributed by atoms with E-state index in [1.807, 2.05) is 70.6 Å². The molecule has 4 rings (SSSR count). The molecule has 0 aliphatic heterocycles. The number of carbonyl (C=O) groups is 1. The molecule has 0 fully saturated rings. The third-order valence-electron chi connectivity index (χ3n) is 4.01. The second-order valence-electron chi connectivity index (χ2n) is 6.13. The second-order valence-corrected chi connectivity index (χ2v) is 7.96. The number of nitrogens with two attached hydrogens (primary N) is 1. The van der Waals surface area contributed by atoms with E-state index in [1.165, 1.54) is 23.1 Å². The van der Waals surface area contributed by atoms with Gasteiger partial charge in [-0.1, -0.05) is 48.2 Å². The Bertz CT molecular complexity index is 1090. The summed E-state index contributed by atoms with van der Waals surface area (Å²) in [7, 11) is 0. The van der Waals surface area contributed by atoms with Crippen LogP contribution in [-0.2, 0) is 11.2 Å². The summed E-state index contributed by atoms with van der Waals surface area (Å²) in [6, 6.07) is 19.2. The molecule has 0 spiro atoms. The van der Waals surface area contributed by atoms with Crippen molar-refractivity contribution >= 4 is 39.8 Å². The van der Waals surface area contributed by atoms with Gasteiger partial charge in [0.25, 0.3) is 0 Å². The molecule has 2 heterocycles. The van der Waals surface area contributed by atoms with Gasteiger partial charge in [-0.3, -0.25) is 9.36 Å². The lowest BCUT2D eigenvalue weighted by Crippen LogP contribution is -2.14. The maximum absolute atomic E-state index is 12.3. The molecule has 0 saturated heterocycles. The van der Waals surface area contributed by atoms with Gasteiger partial charge in [-0.2, -0.15) is 0 Å². The van der Waals surface area contributed by atoms with Crippen LogP contribution in [0.4, 0.5) is 10.8 Å². The highest BCUT2D eigenvalue weighted by Crippen LogP contribution is 2.24. The minimum Gasteiger partial charge on any atom is -0.375 e. The van der Waals surface area contributed by atoms with Crippen molar-refractivity contribution in [1.82, 2.24) is 19.7 Å². The standard InChI is InChI=1S/C20H18N6OS2/c21-19-23-15(12-28-19)11-17-24-25-20(26(17)16-9-5-2-6-10-16)29-13-18(27)22-14-7-3-1-4-8-14/h1-10,12H,11,13H2,(H2,21,23)(H,22,27). The molecule has 0 aliphatic carbocycles. The van der Waals surface area contributed by atoms with E-state index in [9.17, 15) is 4.79 Å². The molecule has 0 bridgehead atoms. The number of para-hydroxylation sites is 2. The van der Waals surface area contributed by atoms with E-state index in [0.717, 1.165) is 22.9 Å². The summed E-state index contributed by atoms with van der Waals surface area (Å²) in [6.07, 6.45) is 0.506. The molecular weight excluding hydrogens is 404 g/mol. The van der Waals surface area contributed by atoms with Crippen molar-refractivity contribution in [2.24, 2.45) is 0 Å². The molecule has 146 valence electrons. The smallest absolute Gasteiger partial charge is 0.234 e. The minimum atomic E-state index is -0.0994. The van der Waals surface area contributed by atoms with Crippen LogP contribution in [0.2, 0.25) is 0 Å². The number of rotatable bonds is 7. The van der Waals surface area contributed by atoms with Gasteiger partial charge in [0, 0.05) is 16.8 Å². The van der Waals surface area contributed by atoms with Gasteiger partial charge >= 0.3 is 0 Å². The Morgan fingerprint density at radius 2 is 1.79 bits per heavy atom. The van der Waals surface area contributed by atoms with Crippen molar-refractivity contribution in [3.63, 3.8) is 0 Å². The van der Waals surface area contributed by atoms with E-state index in [0.29, 0.717) is 16.7 Å². The Morgan fingerprint density at radius 1 is 1.07 bits per heavy atom. The number of amides is 1. The van der Waals surface area contributed by atoms with Crippen LogP contribution in [0.1, 0.15) is 11.5 Å². The average molecular weight is 423 g/mol. The first-order valence-electron chi connectivity index (χ1n) is 8.86. The van der Waals surface area contributed by atoms with E-state index >= 15 is 0 Å². The van der Waals surface area contributed by atoms with Crippen LogP contribution in [0.3, 0.4) is 0 Å². The van der Waals surface area contributed by atoms with Crippen LogP contribution in [-0.4, -0.2) is 31.4 Å². The lowest BCUT2D eigenvalue weighted by molar-refractivity contribution is -0.113. The fraction of sp³-hybridized carbons (Fsp3) is 0.100. The molecule has 2 aromatic heterocycles. The summed E-state index contributed by atoms with van der Waals surface area (Å²) in [6.45, 7) is 0. The number of thioether (sulfide) groups is 1. The summed E-state index contributed by atoms with van der Waals surface area (Å²) < 4.78 is 1.95. The number of carbonyl (C=O) groups excluding carboxylic acids is 1. The topological polar surface area (TPSA) is 98.7 Å². The van der Waals surface area contributed by atoms with Gasteiger partial charge in [-0.25, -0.2) is 4.98 Å². The normalized spacial score (nSPS) is 10.8. The molecule has 2 aromatic carbocycles. The van der Waals surface area contributed by atoms with E-state index < -0.39 is 0 Å². The molecule has 7 nitrogen and oxygen atoms in total. The Kier molecular flexibility index (Phi) is 5.87. The van der Waals surface area contributed by atoms with Crippen LogP contribution < -0.4 is 11.1 Å². The number of benzene rings is 2. The quantitative estimate of drug-likeness (QED) is 0.441. The monoisotopic (exact) mass is 422 g/mol. The van der Waals surface area contributed by atoms with Crippen LogP contribution >= 0.6 is 23.1 Å². The zero-order valence-electron chi connectivity index (χ0n) is 15.4. The first-order valence-corrected chi connectivity index (χ1v) is 10.7. The second kappa shape index (κ2) is 8.89. The van der Waals surface area contributed by atoms with Gasteiger partial charge in [0.05, 0.1) is 17.9 Å². The lowest BCUT2D eigenvalue weighted by atomic mass is 10.3. The van der Waals surface area contributed by atoms with E-state index in [4.69, 9.17) is 5.73 Å². The van der Waals surface area contributed by atoms with E-state index in [-0.39, 0.29) is 11.7 Å². The van der Waals surface area contributed by atoms with Gasteiger partial charge in [0.2, 0.25) is 5.91 Å². The highest BCUT2D eigenvalue weighted by atomic mass is 32.2. The Morgan fingerprint density at radius 3 is 2.48 bits per heavy atom. The van der Waals surface area contributed by atoms with Crippen LogP contribution in [0.5, 0.6) is 0 Å². The van der Waals surface area contributed by atoms with Crippen molar-refractivity contribution in [2.75, 3.05) is 16.8 Å². The number of nitrogens with zero attached hydrogens (tertiary/aromatic N) is 4. The highest BCUT2D eigenvalue weighted by Gasteiger charge is 2.17. The zero-order chi connectivity index (χ0) is 20.1. The largest absolute Gasteiger partial charge is 0.375 e. The summed E-state index contributed by atoms with van der Waals surface area (Å²) >= 11 is 2.74. The van der Waals surface area contributed by atoms with Gasteiger partial charge < -0.3 is 11.1 Å². The summed E-state index contributed by atoms with van der Waals surface area (Å²) in [5.74, 6) is 0.869. The first kappa shape index (κ1) is 19.2. The molecule has 9 heteroatoms. The van der Waals surface area contributed by atoms with Crippen molar-refractivity contribution in [1.29, 1.82) is 0 Å². The highest BCUT2D eigenvalue weighted by molar-refractivity contribution is 7.99. The average Bonchev–Trinajstić information content (AvgIpc) is 3.34. The Labute approximate surface area is 176 Å². The number of aromatic nitrogens is 4. The van der Waals surface area contributed by atoms with Gasteiger partial charge in [-0.15, -0.1) is 21.5 Å². The first-order chi connectivity index (χ1) is 14.2. The number of anilines is 2. The van der Waals surface area contributed by atoms with Crippen molar-refractivity contribution < 1.29 is 4.79 Å². The van der Waals surface area contributed by atoms with E-state index in [2.05, 4.69) is 20.5 Å². The molecule has 0 aliphatic rings. The molecule has 0 unspecified atom stereocenters. The third kappa shape index (κ3) is 4.82. The minimum absolute atomic E-state index is 0.0994. The number of nitrogen functional groups attached to an aromatic ring is 1. The molecule has 1 amide bonds. The third-order valence-corrected chi connectivity index (χ3v) is 5.67. The maximum atomic E-state index is 12.3. The van der Waals surface area contributed by atoms with Crippen LogP contribution in [0.15, 0.2) is 71.2 Å². The molecule has 4 aromatic rings. The maximum Gasteiger partial charge on any atom is 0.234 e. The molecule has 29 heavy (non-hydrogen) atoms. The lowest BCUT2D eigenvalue weighted by Gasteiger charge is -2.10.